The van der Waals surface area contributed by atoms with Crippen molar-refractivity contribution in [1.82, 2.24) is 21.3 Å². The second-order valence-electron chi connectivity index (χ2n) is 9.10. The lowest BCUT2D eigenvalue weighted by molar-refractivity contribution is -0.144. The van der Waals surface area contributed by atoms with Gasteiger partial charge in [-0.2, -0.15) is 0 Å². The number of nitrogens with one attached hydrogen (secondary N) is 4. The van der Waals surface area contributed by atoms with Gasteiger partial charge in [0.15, 0.2) is 0 Å². The topological polar surface area (TPSA) is 180 Å². The molecule has 4 unspecified atom stereocenters. The van der Waals surface area contributed by atoms with Gasteiger partial charge in [-0.3, -0.25) is 19.2 Å². The molecule has 1 heterocycles. The number of rotatable bonds is 13. The molecular formula is C21H37N5O6. The summed E-state index contributed by atoms with van der Waals surface area (Å²) >= 11 is 0. The predicted octanol–water partition coefficient (Wildman–Crippen LogP) is -0.755. The number of amides is 4. The van der Waals surface area contributed by atoms with E-state index in [2.05, 4.69) is 21.3 Å². The summed E-state index contributed by atoms with van der Waals surface area (Å²) in [6.07, 6.45) is 1.62. The normalized spacial score (nSPS) is 18.6. The molecule has 0 bridgehead atoms. The Labute approximate surface area is 188 Å². The predicted molar refractivity (Wildman–Crippen MR) is 117 cm³/mol. The zero-order chi connectivity index (χ0) is 24.4. The quantitative estimate of drug-likeness (QED) is 0.211. The van der Waals surface area contributed by atoms with E-state index in [1.165, 1.54) is 0 Å². The van der Waals surface area contributed by atoms with E-state index < -0.39 is 48.2 Å². The molecule has 0 saturated carbocycles. The van der Waals surface area contributed by atoms with Gasteiger partial charge in [0.1, 0.15) is 18.1 Å². The van der Waals surface area contributed by atoms with Gasteiger partial charge in [0, 0.05) is 0 Å². The van der Waals surface area contributed by atoms with Crippen LogP contribution in [-0.4, -0.2) is 65.4 Å². The molecule has 182 valence electrons. The highest BCUT2D eigenvalue weighted by molar-refractivity contribution is 5.94. The van der Waals surface area contributed by atoms with E-state index in [1.807, 2.05) is 27.7 Å². The van der Waals surface area contributed by atoms with Crippen LogP contribution in [0.4, 0.5) is 0 Å². The highest BCUT2D eigenvalue weighted by Gasteiger charge is 2.32. The van der Waals surface area contributed by atoms with Crippen LogP contribution in [0.3, 0.4) is 0 Å². The molecule has 7 N–H and O–H groups in total. The number of primary amides is 1. The first-order chi connectivity index (χ1) is 14.9. The summed E-state index contributed by atoms with van der Waals surface area (Å²) in [5.74, 6) is -3.68. The van der Waals surface area contributed by atoms with Crippen molar-refractivity contribution in [3.8, 4) is 0 Å². The van der Waals surface area contributed by atoms with Crippen molar-refractivity contribution < 1.29 is 29.1 Å². The Kier molecular flexibility index (Phi) is 11.1. The number of nitrogens with two attached hydrogens (primary N) is 1. The number of carboxylic acids is 1. The molecular weight excluding hydrogens is 418 g/mol. The van der Waals surface area contributed by atoms with Crippen molar-refractivity contribution in [2.45, 2.75) is 84.0 Å². The van der Waals surface area contributed by atoms with E-state index in [-0.39, 0.29) is 30.2 Å². The summed E-state index contributed by atoms with van der Waals surface area (Å²) < 4.78 is 0. The highest BCUT2D eigenvalue weighted by atomic mass is 16.4. The summed E-state index contributed by atoms with van der Waals surface area (Å²) in [4.78, 5) is 60.7. The molecule has 32 heavy (non-hydrogen) atoms. The molecule has 0 aromatic rings. The Morgan fingerprint density at radius 2 is 1.41 bits per heavy atom. The molecule has 0 aliphatic carbocycles. The Morgan fingerprint density at radius 1 is 0.906 bits per heavy atom. The van der Waals surface area contributed by atoms with E-state index in [0.29, 0.717) is 12.8 Å². The largest absolute Gasteiger partial charge is 0.480 e. The lowest BCUT2D eigenvalue weighted by Crippen LogP contribution is -2.57. The Bertz CT molecular complexity index is 690. The van der Waals surface area contributed by atoms with Crippen molar-refractivity contribution in [3.05, 3.63) is 0 Å². The zero-order valence-corrected chi connectivity index (χ0v) is 19.3. The monoisotopic (exact) mass is 455 g/mol. The van der Waals surface area contributed by atoms with Gasteiger partial charge in [-0.1, -0.05) is 27.7 Å². The smallest absolute Gasteiger partial charge is 0.326 e. The summed E-state index contributed by atoms with van der Waals surface area (Å²) in [7, 11) is 0. The molecule has 4 amide bonds. The van der Waals surface area contributed by atoms with E-state index in [1.54, 1.807) is 0 Å². The van der Waals surface area contributed by atoms with E-state index >= 15 is 0 Å². The molecule has 1 aliphatic rings. The van der Waals surface area contributed by atoms with Crippen LogP contribution < -0.4 is 27.0 Å². The van der Waals surface area contributed by atoms with Crippen molar-refractivity contribution in [1.29, 1.82) is 0 Å². The third kappa shape index (κ3) is 9.63. The minimum atomic E-state index is -1.49. The minimum Gasteiger partial charge on any atom is -0.480 e. The molecule has 11 nitrogen and oxygen atoms in total. The van der Waals surface area contributed by atoms with Crippen LogP contribution >= 0.6 is 0 Å². The molecule has 4 atom stereocenters. The molecule has 0 radical (unpaired) electrons. The highest BCUT2D eigenvalue weighted by Crippen LogP contribution is 2.11. The van der Waals surface area contributed by atoms with Crippen LogP contribution in [0.1, 0.15) is 59.8 Å². The summed E-state index contributed by atoms with van der Waals surface area (Å²) in [5.41, 5.74) is 5.06. The standard InChI is InChI=1S/C21H37N5O6/c1-11(2)8-14(24-18(28)13-6-5-7-23-13)19(29)25-15(9-12(3)4)20(30)26-16(21(31)32)10-17(22)27/h11-16,23H,5-10H2,1-4H3,(H2,22,27)(H,24,28)(H,25,29)(H,26,30)(H,31,32). The number of hydrogen-bond donors (Lipinski definition) is 6. The molecule has 1 fully saturated rings. The molecule has 0 aromatic heterocycles. The Balaban J connectivity index is 2.92. The average Bonchev–Trinajstić information content (AvgIpc) is 3.20. The van der Waals surface area contributed by atoms with Crippen molar-refractivity contribution in [2.75, 3.05) is 6.54 Å². The number of aliphatic carboxylic acids is 1. The van der Waals surface area contributed by atoms with Crippen molar-refractivity contribution >= 4 is 29.6 Å². The Morgan fingerprint density at radius 3 is 1.81 bits per heavy atom. The van der Waals surface area contributed by atoms with Gasteiger partial charge in [0.25, 0.3) is 0 Å². The molecule has 1 saturated heterocycles. The molecule has 11 heteroatoms. The van der Waals surface area contributed by atoms with Crippen LogP contribution in [0.25, 0.3) is 0 Å². The van der Waals surface area contributed by atoms with Crippen LogP contribution in [0, 0.1) is 11.8 Å². The third-order valence-corrected chi connectivity index (χ3v) is 5.08. The van der Waals surface area contributed by atoms with Crippen LogP contribution in [0.15, 0.2) is 0 Å². The van der Waals surface area contributed by atoms with Gasteiger partial charge in [-0.25, -0.2) is 4.79 Å². The SMILES string of the molecule is CC(C)CC(NC(=O)C(CC(C)C)NC(=O)C1CCCN1)C(=O)NC(CC(N)=O)C(=O)O. The molecule has 1 aliphatic heterocycles. The first-order valence-electron chi connectivity index (χ1n) is 11.1. The fourth-order valence-corrected chi connectivity index (χ4v) is 3.53. The van der Waals surface area contributed by atoms with Gasteiger partial charge in [0.05, 0.1) is 12.5 Å². The van der Waals surface area contributed by atoms with E-state index in [4.69, 9.17) is 5.73 Å². The average molecular weight is 456 g/mol. The zero-order valence-electron chi connectivity index (χ0n) is 19.3. The molecule has 1 rings (SSSR count). The van der Waals surface area contributed by atoms with Gasteiger partial charge in [0.2, 0.25) is 23.6 Å². The van der Waals surface area contributed by atoms with Gasteiger partial charge in [-0.15, -0.1) is 0 Å². The second kappa shape index (κ2) is 13.0. The van der Waals surface area contributed by atoms with Crippen molar-refractivity contribution in [3.63, 3.8) is 0 Å². The van der Waals surface area contributed by atoms with E-state index in [0.717, 1.165) is 13.0 Å². The maximum Gasteiger partial charge on any atom is 0.326 e. The fourth-order valence-electron chi connectivity index (χ4n) is 3.53. The molecule has 0 aromatic carbocycles. The first-order valence-corrected chi connectivity index (χ1v) is 11.1. The summed E-state index contributed by atoms with van der Waals surface area (Å²) in [6, 6.07) is -3.72. The van der Waals surface area contributed by atoms with Crippen LogP contribution in [0.2, 0.25) is 0 Å². The lowest BCUT2D eigenvalue weighted by atomic mass is 9.99. The molecule has 0 spiro atoms. The van der Waals surface area contributed by atoms with Gasteiger partial charge < -0.3 is 32.1 Å². The van der Waals surface area contributed by atoms with Crippen molar-refractivity contribution in [2.24, 2.45) is 17.6 Å². The summed E-state index contributed by atoms with van der Waals surface area (Å²) in [6.45, 7) is 8.28. The maximum atomic E-state index is 13.0. The maximum absolute atomic E-state index is 13.0. The summed E-state index contributed by atoms with van der Waals surface area (Å²) in [5, 5.41) is 20.0. The Hall–Kier alpha value is -2.69. The van der Waals surface area contributed by atoms with Gasteiger partial charge >= 0.3 is 5.97 Å². The number of carboxylic acid groups (broad SMARTS) is 1. The number of carbonyl (C=O) groups is 5. The second-order valence-corrected chi connectivity index (χ2v) is 9.10. The minimum absolute atomic E-state index is 0.00583. The first kappa shape index (κ1) is 27.3. The number of carbonyl (C=O) groups excluding carboxylic acids is 4. The lowest BCUT2D eigenvalue weighted by Gasteiger charge is -2.26. The van der Waals surface area contributed by atoms with Crippen LogP contribution in [-0.2, 0) is 24.0 Å². The fraction of sp³-hybridized carbons (Fsp3) is 0.762. The third-order valence-electron chi connectivity index (χ3n) is 5.08. The van der Waals surface area contributed by atoms with Gasteiger partial charge in [-0.05, 0) is 44.1 Å². The van der Waals surface area contributed by atoms with Crippen LogP contribution in [0.5, 0.6) is 0 Å². The van der Waals surface area contributed by atoms with E-state index in [9.17, 15) is 29.1 Å². The number of hydrogen-bond acceptors (Lipinski definition) is 6.